The number of benzene rings is 1. The van der Waals surface area contributed by atoms with Crippen molar-refractivity contribution in [3.8, 4) is 0 Å². The van der Waals surface area contributed by atoms with Crippen LogP contribution in [0.15, 0.2) is 30.3 Å². The second-order valence-electron chi connectivity index (χ2n) is 13.5. The number of amides is 3. The maximum atomic E-state index is 13.8. The molecule has 1 aromatic rings. The molecule has 288 valence electrons. The number of hydrogen-bond donors (Lipinski definition) is 2. The van der Waals surface area contributed by atoms with Gasteiger partial charge in [0.25, 0.3) is 0 Å². The van der Waals surface area contributed by atoms with Gasteiger partial charge in [-0.1, -0.05) is 30.3 Å². The fourth-order valence-corrected chi connectivity index (χ4v) is 5.74. The van der Waals surface area contributed by atoms with Crippen molar-refractivity contribution in [2.45, 2.75) is 129 Å². The lowest BCUT2D eigenvalue weighted by Gasteiger charge is -2.46. The molecular formula is C35H49N3O14. The fraction of sp³-hybridized carbons (Fsp3) is 0.629. The van der Waals surface area contributed by atoms with Crippen LogP contribution in [0.4, 0.5) is 4.79 Å². The minimum atomic E-state index is -1.53. The van der Waals surface area contributed by atoms with Gasteiger partial charge in [-0.05, 0) is 46.1 Å². The maximum absolute atomic E-state index is 13.8. The Morgan fingerprint density at radius 2 is 1.54 bits per heavy atom. The minimum absolute atomic E-state index is 0.00211. The van der Waals surface area contributed by atoms with E-state index in [2.05, 4.69) is 10.6 Å². The van der Waals surface area contributed by atoms with E-state index >= 15 is 0 Å². The highest BCUT2D eigenvalue weighted by Crippen LogP contribution is 2.29. The normalized spacial score (nSPS) is 24.0. The molecule has 8 atom stereocenters. The van der Waals surface area contributed by atoms with Gasteiger partial charge in [0.1, 0.15) is 37.0 Å². The van der Waals surface area contributed by atoms with Crippen molar-refractivity contribution in [1.82, 2.24) is 15.5 Å². The molecule has 3 amide bonds. The Morgan fingerprint density at radius 3 is 2.12 bits per heavy atom. The summed E-state index contributed by atoms with van der Waals surface area (Å²) in [7, 11) is 0. The molecule has 0 aromatic heterocycles. The molecule has 17 heteroatoms. The molecule has 2 aliphatic heterocycles. The van der Waals surface area contributed by atoms with Crippen LogP contribution in [-0.2, 0) is 68.5 Å². The number of carbonyl (C=O) groups excluding carboxylic acids is 7. The monoisotopic (exact) mass is 735 g/mol. The van der Waals surface area contributed by atoms with Gasteiger partial charge in [0.15, 0.2) is 24.5 Å². The summed E-state index contributed by atoms with van der Waals surface area (Å²) in [6.45, 7) is 10.6. The van der Waals surface area contributed by atoms with Crippen molar-refractivity contribution in [3.63, 3.8) is 0 Å². The first-order chi connectivity index (χ1) is 24.4. The van der Waals surface area contributed by atoms with E-state index in [-0.39, 0.29) is 19.6 Å². The summed E-state index contributed by atoms with van der Waals surface area (Å²) in [5.41, 5.74) is -0.229. The van der Waals surface area contributed by atoms with Crippen LogP contribution in [0.2, 0.25) is 0 Å². The number of rotatable bonds is 13. The molecule has 0 saturated carbocycles. The van der Waals surface area contributed by atoms with Crippen LogP contribution in [0, 0.1) is 0 Å². The number of ether oxygens (including phenoxy) is 7. The topological polar surface area (TPSA) is 211 Å². The number of likely N-dealkylation sites (tertiary alicyclic amines) is 1. The first kappa shape index (κ1) is 41.6. The average Bonchev–Trinajstić information content (AvgIpc) is 3.54. The van der Waals surface area contributed by atoms with Crippen LogP contribution < -0.4 is 10.6 Å². The van der Waals surface area contributed by atoms with E-state index in [1.807, 2.05) is 6.07 Å². The number of carbonyl (C=O) groups is 7. The highest BCUT2D eigenvalue weighted by molar-refractivity contribution is 5.90. The maximum Gasteiger partial charge on any atom is 0.410 e. The van der Waals surface area contributed by atoms with Gasteiger partial charge >= 0.3 is 30.0 Å². The van der Waals surface area contributed by atoms with Gasteiger partial charge in [0.2, 0.25) is 11.8 Å². The predicted octanol–water partition coefficient (Wildman–Crippen LogP) is 1.68. The zero-order chi connectivity index (χ0) is 38.7. The molecule has 2 N–H and O–H groups in total. The molecule has 0 spiro atoms. The molecule has 2 heterocycles. The van der Waals surface area contributed by atoms with Crippen LogP contribution in [-0.4, -0.2) is 114 Å². The van der Waals surface area contributed by atoms with E-state index in [1.165, 1.54) is 18.7 Å². The Labute approximate surface area is 302 Å². The van der Waals surface area contributed by atoms with Crippen molar-refractivity contribution >= 4 is 41.8 Å². The van der Waals surface area contributed by atoms with Crippen LogP contribution in [0.1, 0.15) is 73.8 Å². The highest BCUT2D eigenvalue weighted by Gasteiger charge is 2.52. The van der Waals surface area contributed by atoms with Crippen LogP contribution >= 0.6 is 0 Å². The Balaban J connectivity index is 1.91. The van der Waals surface area contributed by atoms with Crippen LogP contribution in [0.5, 0.6) is 0 Å². The third-order valence-corrected chi connectivity index (χ3v) is 7.84. The third kappa shape index (κ3) is 12.5. The lowest BCUT2D eigenvalue weighted by Crippen LogP contribution is -2.67. The smallest absolute Gasteiger partial charge is 0.410 e. The SMILES string of the molecule is CC(=O)N[C@H]1[C@@H](O[C@H](C)[C@H](NC(=O)[C@@H]2CCCN2C(=O)OCc2ccccc2)C(=O)OC(C)(C)C)O[C@H](COC(C)=O)[C@H](OC(C)=O)[C@@H]1OC(C)=O. The summed E-state index contributed by atoms with van der Waals surface area (Å²) >= 11 is 0. The summed E-state index contributed by atoms with van der Waals surface area (Å²) in [5.74, 6) is -4.46. The fourth-order valence-electron chi connectivity index (χ4n) is 5.74. The summed E-state index contributed by atoms with van der Waals surface area (Å²) < 4.78 is 39.4. The van der Waals surface area contributed by atoms with Gasteiger partial charge in [0.05, 0.1) is 6.10 Å². The van der Waals surface area contributed by atoms with Crippen molar-refractivity contribution in [2.75, 3.05) is 13.2 Å². The quantitative estimate of drug-likeness (QED) is 0.218. The molecule has 2 aliphatic rings. The standard InChI is InChI=1S/C35H49N3O14/c1-19(48-33-28(36-20(2)39)30(50-23(5)42)29(49-22(4)41)26(51-33)18-46-21(3)40)27(32(44)52-35(6,7)8)37-31(43)25-15-12-16-38(25)34(45)47-17-24-13-10-9-11-14-24/h9-11,13-14,19,25-30,33H,12,15-18H2,1-8H3,(H,36,39)(H,37,43)/t19-,25+,26-,27+,28-,29+,30-,33+/m1/s1. The molecule has 2 fully saturated rings. The number of nitrogens with one attached hydrogen (secondary N) is 2. The second kappa shape index (κ2) is 18.6. The lowest BCUT2D eigenvalue weighted by atomic mass is 9.95. The van der Waals surface area contributed by atoms with E-state index in [9.17, 15) is 33.6 Å². The lowest BCUT2D eigenvalue weighted by molar-refractivity contribution is -0.288. The van der Waals surface area contributed by atoms with Gasteiger partial charge in [-0.2, -0.15) is 0 Å². The second-order valence-corrected chi connectivity index (χ2v) is 13.5. The van der Waals surface area contributed by atoms with E-state index in [0.29, 0.717) is 6.42 Å². The van der Waals surface area contributed by atoms with E-state index in [0.717, 1.165) is 26.3 Å². The van der Waals surface area contributed by atoms with Crippen molar-refractivity contribution < 1.29 is 66.7 Å². The van der Waals surface area contributed by atoms with Gasteiger partial charge in [-0.3, -0.25) is 28.9 Å². The van der Waals surface area contributed by atoms with Crippen LogP contribution in [0.3, 0.4) is 0 Å². The number of esters is 4. The van der Waals surface area contributed by atoms with Crippen molar-refractivity contribution in [3.05, 3.63) is 35.9 Å². The Kier molecular flexibility index (Phi) is 14.9. The predicted molar refractivity (Wildman–Crippen MR) is 179 cm³/mol. The summed E-state index contributed by atoms with van der Waals surface area (Å²) in [6, 6.07) is 5.22. The third-order valence-electron chi connectivity index (χ3n) is 7.84. The van der Waals surface area contributed by atoms with E-state index in [4.69, 9.17) is 33.2 Å². The molecule has 0 bridgehead atoms. The van der Waals surface area contributed by atoms with Gasteiger partial charge < -0.3 is 43.8 Å². The molecule has 52 heavy (non-hydrogen) atoms. The molecule has 3 rings (SSSR count). The summed E-state index contributed by atoms with van der Waals surface area (Å²) in [4.78, 5) is 90.2. The first-order valence-corrected chi connectivity index (χ1v) is 16.9. The zero-order valence-corrected chi connectivity index (χ0v) is 30.7. The molecule has 0 radical (unpaired) electrons. The first-order valence-electron chi connectivity index (χ1n) is 16.9. The summed E-state index contributed by atoms with van der Waals surface area (Å²) in [5, 5.41) is 5.25. The van der Waals surface area contributed by atoms with Gasteiger partial charge in [0, 0.05) is 34.2 Å². The Bertz CT molecular complexity index is 1450. The van der Waals surface area contributed by atoms with E-state index < -0.39 is 103 Å². The van der Waals surface area contributed by atoms with Crippen molar-refractivity contribution in [2.24, 2.45) is 0 Å². The largest absolute Gasteiger partial charge is 0.463 e. The van der Waals surface area contributed by atoms with Crippen molar-refractivity contribution in [1.29, 1.82) is 0 Å². The summed E-state index contributed by atoms with van der Waals surface area (Å²) in [6.07, 6.45) is -6.77. The van der Waals surface area contributed by atoms with Crippen LogP contribution in [0.25, 0.3) is 0 Å². The molecule has 0 aliphatic carbocycles. The number of hydrogen-bond acceptors (Lipinski definition) is 14. The highest BCUT2D eigenvalue weighted by atomic mass is 16.7. The number of nitrogens with zero attached hydrogens (tertiary/aromatic N) is 1. The minimum Gasteiger partial charge on any atom is -0.463 e. The van der Waals surface area contributed by atoms with E-state index in [1.54, 1.807) is 45.0 Å². The molecule has 2 saturated heterocycles. The van der Waals surface area contributed by atoms with Gasteiger partial charge in [-0.15, -0.1) is 0 Å². The molecule has 0 unspecified atom stereocenters. The molecular weight excluding hydrogens is 686 g/mol. The Hall–Kier alpha value is -4.77. The zero-order valence-electron chi connectivity index (χ0n) is 30.7. The Morgan fingerprint density at radius 1 is 0.904 bits per heavy atom. The molecule has 17 nitrogen and oxygen atoms in total. The average molecular weight is 736 g/mol. The van der Waals surface area contributed by atoms with Gasteiger partial charge in [-0.25, -0.2) is 9.59 Å². The molecule has 1 aromatic carbocycles.